The van der Waals surface area contributed by atoms with Gasteiger partial charge < -0.3 is 14.6 Å². The quantitative estimate of drug-likeness (QED) is 0.739. The molecule has 140 valence electrons. The lowest BCUT2D eigenvalue weighted by atomic mass is 9.73. The van der Waals surface area contributed by atoms with Gasteiger partial charge in [0.1, 0.15) is 12.2 Å². The van der Waals surface area contributed by atoms with E-state index in [1.54, 1.807) is 0 Å². The Hall–Kier alpha value is -1.59. The highest BCUT2D eigenvalue weighted by Gasteiger charge is 2.70. The molecule has 6 nitrogen and oxygen atoms in total. The Morgan fingerprint density at radius 2 is 1.92 bits per heavy atom. The Kier molecular flexibility index (Phi) is 4.36. The highest BCUT2D eigenvalue weighted by atomic mass is 16.6. The predicted molar refractivity (Wildman–Crippen MR) is 88.4 cm³/mol. The molecule has 3 aliphatic rings. The lowest BCUT2D eigenvalue weighted by Gasteiger charge is -2.36. The van der Waals surface area contributed by atoms with E-state index < -0.39 is 41.4 Å². The van der Waals surface area contributed by atoms with Gasteiger partial charge in [-0.05, 0) is 31.6 Å². The Balaban J connectivity index is 1.82. The molecule has 1 saturated heterocycles. The third-order valence-electron chi connectivity index (χ3n) is 6.65. The molecule has 7 atom stereocenters. The van der Waals surface area contributed by atoms with E-state index in [1.807, 2.05) is 20.8 Å². The molecule has 0 amide bonds. The molecule has 2 saturated carbocycles. The molecular weight excluding hydrogens is 324 g/mol. The number of fused-ring (bicyclic) bond motifs is 1. The summed E-state index contributed by atoms with van der Waals surface area (Å²) in [7, 11) is 0. The Bertz CT molecular complexity index is 597. The second kappa shape index (κ2) is 5.99. The van der Waals surface area contributed by atoms with Crippen molar-refractivity contribution in [2.75, 3.05) is 0 Å². The minimum atomic E-state index is -0.996. The average molecular weight is 352 g/mol. The van der Waals surface area contributed by atoms with E-state index in [0.717, 1.165) is 0 Å². The van der Waals surface area contributed by atoms with E-state index in [-0.39, 0.29) is 23.7 Å². The topological polar surface area (TPSA) is 89.9 Å². The van der Waals surface area contributed by atoms with Crippen molar-refractivity contribution in [3.05, 3.63) is 0 Å². The molecule has 1 aliphatic heterocycles. The lowest BCUT2D eigenvalue weighted by Crippen LogP contribution is -2.46. The van der Waals surface area contributed by atoms with Gasteiger partial charge in [-0.3, -0.25) is 14.4 Å². The number of carbonyl (C=O) groups is 3. The molecule has 2 aliphatic carbocycles. The van der Waals surface area contributed by atoms with Crippen LogP contribution in [-0.2, 0) is 23.9 Å². The van der Waals surface area contributed by atoms with Gasteiger partial charge in [0.2, 0.25) is 0 Å². The van der Waals surface area contributed by atoms with Crippen LogP contribution >= 0.6 is 0 Å². The number of carbonyl (C=O) groups excluding carboxylic acids is 2. The summed E-state index contributed by atoms with van der Waals surface area (Å²) in [6.45, 7) is 10.0. The molecule has 0 aromatic heterocycles. The van der Waals surface area contributed by atoms with Crippen LogP contribution in [0.3, 0.4) is 0 Å². The van der Waals surface area contributed by atoms with Crippen molar-refractivity contribution in [1.29, 1.82) is 0 Å². The van der Waals surface area contributed by atoms with Crippen molar-refractivity contribution in [2.45, 2.75) is 59.7 Å². The molecule has 1 heterocycles. The summed E-state index contributed by atoms with van der Waals surface area (Å²) in [6, 6.07) is 0. The smallest absolute Gasteiger partial charge is 0.312 e. The van der Waals surface area contributed by atoms with Crippen LogP contribution in [0.2, 0.25) is 0 Å². The highest BCUT2D eigenvalue weighted by Crippen LogP contribution is 2.59. The van der Waals surface area contributed by atoms with E-state index in [1.165, 1.54) is 0 Å². The molecule has 25 heavy (non-hydrogen) atoms. The summed E-state index contributed by atoms with van der Waals surface area (Å²) < 4.78 is 11.3. The molecule has 6 heteroatoms. The molecule has 7 unspecified atom stereocenters. The van der Waals surface area contributed by atoms with Crippen molar-refractivity contribution in [3.8, 4) is 0 Å². The van der Waals surface area contributed by atoms with Gasteiger partial charge in [-0.15, -0.1) is 0 Å². The summed E-state index contributed by atoms with van der Waals surface area (Å²) in [5.74, 6) is -3.16. The van der Waals surface area contributed by atoms with Gasteiger partial charge in [0.05, 0.1) is 17.3 Å². The summed E-state index contributed by atoms with van der Waals surface area (Å²) in [4.78, 5) is 36.7. The van der Waals surface area contributed by atoms with Crippen molar-refractivity contribution in [1.82, 2.24) is 0 Å². The zero-order chi connectivity index (χ0) is 18.7. The molecule has 0 radical (unpaired) electrons. The zero-order valence-electron chi connectivity index (χ0n) is 15.5. The van der Waals surface area contributed by atoms with Crippen LogP contribution in [0.15, 0.2) is 0 Å². The van der Waals surface area contributed by atoms with Gasteiger partial charge in [-0.2, -0.15) is 0 Å². The van der Waals surface area contributed by atoms with Gasteiger partial charge in [0, 0.05) is 11.8 Å². The zero-order valence-corrected chi connectivity index (χ0v) is 15.5. The summed E-state index contributed by atoms with van der Waals surface area (Å²) in [6.07, 6.45) is 0.169. The minimum Gasteiger partial charge on any atom is -0.481 e. The fourth-order valence-corrected chi connectivity index (χ4v) is 5.15. The van der Waals surface area contributed by atoms with E-state index in [0.29, 0.717) is 18.8 Å². The average Bonchev–Trinajstić information content (AvgIpc) is 3.09. The second-order valence-corrected chi connectivity index (χ2v) is 8.89. The Morgan fingerprint density at radius 1 is 1.28 bits per heavy atom. The van der Waals surface area contributed by atoms with E-state index in [9.17, 15) is 19.5 Å². The standard InChI is InChI=1S/C19H28O6/c1-8(2)7-19(5,9(3)4)18(23)25-15-10-6-11-13(12(10)16(20)21)17(22)24-14(11)15/h8-15H,6-7H2,1-5H3,(H,20,21). The van der Waals surface area contributed by atoms with Crippen LogP contribution in [0.1, 0.15) is 47.5 Å². The van der Waals surface area contributed by atoms with Gasteiger partial charge in [0.15, 0.2) is 0 Å². The molecule has 0 aromatic carbocycles. The first kappa shape index (κ1) is 18.2. The van der Waals surface area contributed by atoms with Crippen molar-refractivity contribution < 1.29 is 29.0 Å². The third-order valence-corrected chi connectivity index (χ3v) is 6.65. The SMILES string of the molecule is CC(C)CC(C)(C(=O)OC1C2CC3C1OC(=O)C3C2C(=O)O)C(C)C. The maximum Gasteiger partial charge on any atom is 0.312 e. The summed E-state index contributed by atoms with van der Waals surface area (Å²) in [5.41, 5.74) is -0.642. The Labute approximate surface area is 148 Å². The lowest BCUT2D eigenvalue weighted by molar-refractivity contribution is -0.177. The minimum absolute atomic E-state index is 0.0927. The highest BCUT2D eigenvalue weighted by molar-refractivity contribution is 5.85. The number of carboxylic acid groups (broad SMARTS) is 1. The normalized spacial score (nSPS) is 38.1. The fourth-order valence-electron chi connectivity index (χ4n) is 5.15. The van der Waals surface area contributed by atoms with Gasteiger partial charge >= 0.3 is 17.9 Å². The number of aliphatic carboxylic acids is 1. The van der Waals surface area contributed by atoms with Crippen LogP contribution < -0.4 is 0 Å². The number of esters is 2. The first-order valence-electron chi connectivity index (χ1n) is 9.22. The van der Waals surface area contributed by atoms with E-state index >= 15 is 0 Å². The molecule has 1 N–H and O–H groups in total. The summed E-state index contributed by atoms with van der Waals surface area (Å²) >= 11 is 0. The van der Waals surface area contributed by atoms with Crippen LogP contribution in [0.4, 0.5) is 0 Å². The summed E-state index contributed by atoms with van der Waals surface area (Å²) in [5, 5.41) is 9.54. The van der Waals surface area contributed by atoms with Gasteiger partial charge in [-0.1, -0.05) is 27.7 Å². The molecule has 0 aromatic rings. The number of hydrogen-bond donors (Lipinski definition) is 1. The molecular formula is C19H28O6. The maximum atomic E-state index is 13.0. The van der Waals surface area contributed by atoms with Crippen LogP contribution in [0.25, 0.3) is 0 Å². The predicted octanol–water partition coefficient (Wildman–Crippen LogP) is 2.50. The first-order valence-corrected chi connectivity index (χ1v) is 9.22. The van der Waals surface area contributed by atoms with Crippen molar-refractivity contribution in [3.63, 3.8) is 0 Å². The van der Waals surface area contributed by atoms with Gasteiger partial charge in [-0.25, -0.2) is 0 Å². The van der Waals surface area contributed by atoms with Gasteiger partial charge in [0.25, 0.3) is 0 Å². The van der Waals surface area contributed by atoms with Crippen LogP contribution in [-0.4, -0.2) is 35.2 Å². The first-order chi connectivity index (χ1) is 11.6. The molecule has 3 fully saturated rings. The van der Waals surface area contributed by atoms with E-state index in [4.69, 9.17) is 9.47 Å². The Morgan fingerprint density at radius 3 is 2.44 bits per heavy atom. The monoisotopic (exact) mass is 352 g/mol. The van der Waals surface area contributed by atoms with Crippen LogP contribution in [0, 0.1) is 40.9 Å². The number of ether oxygens (including phenoxy) is 2. The third kappa shape index (κ3) is 2.64. The number of rotatable bonds is 6. The molecule has 3 rings (SSSR count). The van der Waals surface area contributed by atoms with Crippen LogP contribution in [0.5, 0.6) is 0 Å². The molecule has 0 spiro atoms. The van der Waals surface area contributed by atoms with Crippen molar-refractivity contribution in [2.24, 2.45) is 40.9 Å². The maximum absolute atomic E-state index is 13.0. The van der Waals surface area contributed by atoms with E-state index in [2.05, 4.69) is 13.8 Å². The van der Waals surface area contributed by atoms with Crippen molar-refractivity contribution >= 4 is 17.9 Å². The number of hydrogen-bond acceptors (Lipinski definition) is 5. The molecule has 2 bridgehead atoms. The second-order valence-electron chi connectivity index (χ2n) is 8.89. The number of carboxylic acids is 1. The fraction of sp³-hybridized carbons (Fsp3) is 0.842. The largest absolute Gasteiger partial charge is 0.481 e.